The molecular weight excluding hydrogens is 416 g/mol. The van der Waals surface area contributed by atoms with Crippen molar-refractivity contribution in [3.63, 3.8) is 0 Å². The molecule has 1 saturated heterocycles. The van der Waals surface area contributed by atoms with Gasteiger partial charge >= 0.3 is 6.01 Å². The van der Waals surface area contributed by atoms with Crippen LogP contribution < -0.4 is 9.64 Å². The summed E-state index contributed by atoms with van der Waals surface area (Å²) in [5.74, 6) is 0.941. The van der Waals surface area contributed by atoms with Crippen molar-refractivity contribution in [1.29, 1.82) is 0 Å². The van der Waals surface area contributed by atoms with E-state index in [2.05, 4.69) is 58.0 Å². The van der Waals surface area contributed by atoms with Gasteiger partial charge in [-0.25, -0.2) is 0 Å². The number of fused-ring (bicyclic) bond motifs is 1. The highest BCUT2D eigenvalue weighted by molar-refractivity contribution is 5.82. The van der Waals surface area contributed by atoms with Crippen molar-refractivity contribution >= 4 is 22.3 Å². The standard InChI is InChI=1S/C26H26N4O3/c1-17(2)18-3-5-19(6-4-18)30(21-12-14-32-16-21)20-7-9-22(10-8-20)33-26-28-24-15-27-13-11-23(24)25(31)29-26/h3-11,13,15,17,21H,12,14,16H2,1-2H3,(H,28,29,31). The van der Waals surface area contributed by atoms with Gasteiger partial charge in [0.25, 0.3) is 0 Å². The molecule has 7 nitrogen and oxygen atoms in total. The van der Waals surface area contributed by atoms with Crippen LogP contribution in [0.3, 0.4) is 0 Å². The summed E-state index contributed by atoms with van der Waals surface area (Å²) in [6, 6.07) is 18.6. The van der Waals surface area contributed by atoms with Gasteiger partial charge in [-0.1, -0.05) is 26.0 Å². The highest BCUT2D eigenvalue weighted by Gasteiger charge is 2.25. The molecule has 7 heteroatoms. The lowest BCUT2D eigenvalue weighted by Gasteiger charge is -2.31. The van der Waals surface area contributed by atoms with E-state index in [9.17, 15) is 5.11 Å². The summed E-state index contributed by atoms with van der Waals surface area (Å²) in [5.41, 5.74) is 4.04. The summed E-state index contributed by atoms with van der Waals surface area (Å²) in [6.07, 6.45) is 4.13. The summed E-state index contributed by atoms with van der Waals surface area (Å²) >= 11 is 0. The molecule has 2 aromatic carbocycles. The average molecular weight is 443 g/mol. The third-order valence-electron chi connectivity index (χ3n) is 5.89. The van der Waals surface area contributed by atoms with Crippen molar-refractivity contribution in [3.8, 4) is 17.6 Å². The van der Waals surface area contributed by atoms with Gasteiger partial charge in [-0.05, 0) is 60.4 Å². The van der Waals surface area contributed by atoms with Crippen LogP contribution in [-0.2, 0) is 4.74 Å². The molecule has 5 rings (SSSR count). The molecule has 0 amide bonds. The van der Waals surface area contributed by atoms with Gasteiger partial charge in [-0.2, -0.15) is 9.97 Å². The molecule has 2 aromatic heterocycles. The normalized spacial score (nSPS) is 15.8. The number of aromatic hydroxyl groups is 1. The van der Waals surface area contributed by atoms with Crippen LogP contribution in [0.2, 0.25) is 0 Å². The van der Waals surface area contributed by atoms with Crippen LogP contribution in [0.5, 0.6) is 17.6 Å². The largest absolute Gasteiger partial charge is 0.493 e. The van der Waals surface area contributed by atoms with Crippen molar-refractivity contribution < 1.29 is 14.6 Å². The molecule has 1 fully saturated rings. The fourth-order valence-corrected chi connectivity index (χ4v) is 4.09. The van der Waals surface area contributed by atoms with Crippen molar-refractivity contribution in [2.75, 3.05) is 18.1 Å². The number of rotatable bonds is 6. The van der Waals surface area contributed by atoms with E-state index in [0.717, 1.165) is 24.4 Å². The Morgan fingerprint density at radius 1 is 1.00 bits per heavy atom. The molecule has 1 atom stereocenters. The zero-order chi connectivity index (χ0) is 22.8. The Morgan fingerprint density at radius 3 is 2.39 bits per heavy atom. The van der Waals surface area contributed by atoms with E-state index >= 15 is 0 Å². The van der Waals surface area contributed by atoms with E-state index < -0.39 is 0 Å². The van der Waals surface area contributed by atoms with Gasteiger partial charge in [0.2, 0.25) is 5.88 Å². The first-order valence-electron chi connectivity index (χ1n) is 11.1. The molecule has 168 valence electrons. The van der Waals surface area contributed by atoms with E-state index in [1.165, 1.54) is 5.56 Å². The molecule has 4 aromatic rings. The van der Waals surface area contributed by atoms with Crippen LogP contribution in [0.15, 0.2) is 67.0 Å². The Balaban J connectivity index is 1.41. The van der Waals surface area contributed by atoms with Gasteiger partial charge in [0, 0.05) is 24.2 Å². The topological polar surface area (TPSA) is 80.6 Å². The number of pyridine rings is 1. The maximum atomic E-state index is 10.2. The lowest BCUT2D eigenvalue weighted by Crippen LogP contribution is -2.31. The zero-order valence-electron chi connectivity index (χ0n) is 18.7. The van der Waals surface area contributed by atoms with E-state index in [4.69, 9.17) is 9.47 Å². The second kappa shape index (κ2) is 9.03. The predicted octanol–water partition coefficient (Wildman–Crippen LogP) is 5.57. The molecular formula is C26H26N4O3. The SMILES string of the molecule is CC(C)c1ccc(N(c2ccc(Oc3nc(O)c4ccncc4n3)cc2)C2CCOC2)cc1. The van der Waals surface area contributed by atoms with E-state index in [0.29, 0.717) is 29.2 Å². The molecule has 0 aliphatic carbocycles. The number of anilines is 2. The monoisotopic (exact) mass is 442 g/mol. The Bertz CT molecular complexity index is 1240. The molecule has 1 aliphatic heterocycles. The minimum Gasteiger partial charge on any atom is -0.493 e. The Kier molecular flexibility index (Phi) is 5.79. The molecule has 0 radical (unpaired) electrons. The van der Waals surface area contributed by atoms with Crippen LogP contribution in [0.25, 0.3) is 10.9 Å². The number of hydrogen-bond acceptors (Lipinski definition) is 7. The van der Waals surface area contributed by atoms with Gasteiger partial charge in [0.15, 0.2) is 0 Å². The third-order valence-corrected chi connectivity index (χ3v) is 5.89. The summed E-state index contributed by atoms with van der Waals surface area (Å²) in [7, 11) is 0. The Morgan fingerprint density at radius 2 is 1.73 bits per heavy atom. The molecule has 1 unspecified atom stereocenters. The fraction of sp³-hybridized carbons (Fsp3) is 0.269. The smallest absolute Gasteiger partial charge is 0.325 e. The molecule has 3 heterocycles. The predicted molar refractivity (Wildman–Crippen MR) is 127 cm³/mol. The van der Waals surface area contributed by atoms with Crippen LogP contribution in [0.1, 0.15) is 31.7 Å². The average Bonchev–Trinajstić information content (AvgIpc) is 3.35. The van der Waals surface area contributed by atoms with E-state index in [1.807, 2.05) is 24.3 Å². The number of aromatic nitrogens is 3. The minimum absolute atomic E-state index is 0.0751. The van der Waals surface area contributed by atoms with Gasteiger partial charge in [0.1, 0.15) is 5.75 Å². The van der Waals surface area contributed by atoms with Gasteiger partial charge < -0.3 is 19.5 Å². The maximum absolute atomic E-state index is 10.2. The summed E-state index contributed by atoms with van der Waals surface area (Å²) in [6.45, 7) is 5.87. The lowest BCUT2D eigenvalue weighted by atomic mass is 10.0. The fourth-order valence-electron chi connectivity index (χ4n) is 4.09. The molecule has 0 bridgehead atoms. The second-order valence-electron chi connectivity index (χ2n) is 8.45. The van der Waals surface area contributed by atoms with Crippen molar-refractivity contribution in [2.45, 2.75) is 32.2 Å². The first kappa shape index (κ1) is 21.2. The van der Waals surface area contributed by atoms with E-state index in [1.54, 1.807) is 18.5 Å². The third kappa shape index (κ3) is 4.45. The quantitative estimate of drug-likeness (QED) is 0.418. The first-order chi connectivity index (χ1) is 16.1. The van der Waals surface area contributed by atoms with Crippen LogP contribution in [-0.4, -0.2) is 39.3 Å². The molecule has 0 saturated carbocycles. The lowest BCUT2D eigenvalue weighted by molar-refractivity contribution is 0.194. The van der Waals surface area contributed by atoms with Crippen LogP contribution in [0.4, 0.5) is 11.4 Å². The number of ether oxygens (including phenoxy) is 2. The van der Waals surface area contributed by atoms with Crippen molar-refractivity contribution in [2.24, 2.45) is 0 Å². The Labute approximate surface area is 192 Å². The molecule has 1 aliphatic rings. The van der Waals surface area contributed by atoms with Gasteiger partial charge in [0.05, 0.1) is 29.7 Å². The minimum atomic E-state index is -0.133. The van der Waals surface area contributed by atoms with Gasteiger partial charge in [-0.15, -0.1) is 0 Å². The van der Waals surface area contributed by atoms with Crippen molar-refractivity contribution in [1.82, 2.24) is 15.0 Å². The second-order valence-corrected chi connectivity index (χ2v) is 8.45. The molecule has 33 heavy (non-hydrogen) atoms. The summed E-state index contributed by atoms with van der Waals surface area (Å²) in [4.78, 5) is 14.8. The maximum Gasteiger partial charge on any atom is 0.325 e. The Hall–Kier alpha value is -3.71. The van der Waals surface area contributed by atoms with Crippen molar-refractivity contribution in [3.05, 3.63) is 72.6 Å². The first-order valence-corrected chi connectivity index (χ1v) is 11.1. The van der Waals surface area contributed by atoms with Crippen LogP contribution in [0, 0.1) is 0 Å². The van der Waals surface area contributed by atoms with Crippen LogP contribution >= 0.6 is 0 Å². The molecule has 0 spiro atoms. The number of hydrogen-bond donors (Lipinski definition) is 1. The zero-order valence-corrected chi connectivity index (χ0v) is 18.7. The number of benzene rings is 2. The molecule has 1 N–H and O–H groups in total. The van der Waals surface area contributed by atoms with Gasteiger partial charge in [-0.3, -0.25) is 4.98 Å². The summed E-state index contributed by atoms with van der Waals surface area (Å²) in [5, 5.41) is 10.7. The highest BCUT2D eigenvalue weighted by Crippen LogP contribution is 2.34. The summed E-state index contributed by atoms with van der Waals surface area (Å²) < 4.78 is 11.5. The van der Waals surface area contributed by atoms with E-state index in [-0.39, 0.29) is 17.9 Å². The number of nitrogens with zero attached hydrogens (tertiary/aromatic N) is 4. The highest BCUT2D eigenvalue weighted by atomic mass is 16.5.